The van der Waals surface area contributed by atoms with Gasteiger partial charge in [0.2, 0.25) is 0 Å². The topological polar surface area (TPSA) is 102 Å². The van der Waals surface area contributed by atoms with Crippen molar-refractivity contribution in [3.63, 3.8) is 0 Å². The zero-order valence-electron chi connectivity index (χ0n) is 16.3. The van der Waals surface area contributed by atoms with Crippen LogP contribution >= 0.6 is 0 Å². The van der Waals surface area contributed by atoms with Crippen molar-refractivity contribution in [2.24, 2.45) is 4.99 Å². The lowest BCUT2D eigenvalue weighted by Crippen LogP contribution is -2.12. The van der Waals surface area contributed by atoms with E-state index in [9.17, 15) is 20.0 Å². The average molecular weight is 396 g/mol. The molecule has 0 fully saturated rings. The van der Waals surface area contributed by atoms with Gasteiger partial charge in [-0.05, 0) is 37.8 Å². The zero-order chi connectivity index (χ0) is 21.1. The lowest BCUT2D eigenvalue weighted by atomic mass is 10.1. The molecule has 0 heterocycles. The Morgan fingerprint density at radius 3 is 2.52 bits per heavy atom. The largest absolute Gasteiger partial charge is 0.506 e. The molecule has 0 amide bonds. The molecule has 0 aromatic heterocycles. The van der Waals surface area contributed by atoms with Gasteiger partial charge in [0.05, 0.1) is 17.1 Å². The predicted octanol–water partition coefficient (Wildman–Crippen LogP) is 4.52. The number of esters is 1. The molecule has 29 heavy (non-hydrogen) atoms. The monoisotopic (exact) mass is 396 g/mol. The van der Waals surface area contributed by atoms with Crippen LogP contribution in [0.15, 0.2) is 65.2 Å². The van der Waals surface area contributed by atoms with Crippen molar-refractivity contribution in [1.29, 1.82) is 0 Å². The van der Waals surface area contributed by atoms with Gasteiger partial charge in [-0.25, -0.2) is 4.79 Å². The van der Waals surface area contributed by atoms with Gasteiger partial charge in [0.25, 0.3) is 5.69 Å². The van der Waals surface area contributed by atoms with E-state index in [1.807, 2.05) is 18.2 Å². The molecule has 0 spiro atoms. The predicted molar refractivity (Wildman–Crippen MR) is 112 cm³/mol. The van der Waals surface area contributed by atoms with Gasteiger partial charge in [0.1, 0.15) is 11.3 Å². The summed E-state index contributed by atoms with van der Waals surface area (Å²) in [6.45, 7) is 2.20. The Morgan fingerprint density at radius 2 is 1.83 bits per heavy atom. The normalized spacial score (nSPS) is 11.9. The molecule has 0 atom stereocenters. The molecule has 0 saturated carbocycles. The third kappa shape index (κ3) is 6.57. The zero-order valence-corrected chi connectivity index (χ0v) is 16.3. The summed E-state index contributed by atoms with van der Waals surface area (Å²) >= 11 is 0. The van der Waals surface area contributed by atoms with E-state index in [-0.39, 0.29) is 23.4 Å². The minimum absolute atomic E-state index is 0.0592. The maximum atomic E-state index is 12.2. The molecule has 0 unspecified atom stereocenters. The standard InChI is InChI=1S/C22H24N2O5/c1-2-29-22(26)19(21(25)18-13-6-7-14-20(18)24(27)28)16-23-15-9-8-12-17-10-4-3-5-11-17/h3-7,10-11,13-14,16,25H,2,8-9,12,15H2,1H3/b21-19+,23-16?. The summed E-state index contributed by atoms with van der Waals surface area (Å²) < 4.78 is 4.97. The molecule has 7 nitrogen and oxygen atoms in total. The molecule has 0 aliphatic carbocycles. The second-order valence-electron chi connectivity index (χ2n) is 6.23. The summed E-state index contributed by atoms with van der Waals surface area (Å²) in [6, 6.07) is 15.8. The number of aliphatic hydroxyl groups excluding tert-OH is 1. The second-order valence-corrected chi connectivity index (χ2v) is 6.23. The molecule has 0 aliphatic rings. The van der Waals surface area contributed by atoms with Crippen LogP contribution in [0.1, 0.15) is 30.9 Å². The van der Waals surface area contributed by atoms with Crippen LogP contribution < -0.4 is 0 Å². The number of nitrogens with zero attached hydrogens (tertiary/aromatic N) is 2. The molecule has 2 aromatic carbocycles. The van der Waals surface area contributed by atoms with Gasteiger partial charge >= 0.3 is 5.97 Å². The molecule has 0 bridgehead atoms. The number of aliphatic imine (C=N–C) groups is 1. The second kappa shape index (κ2) is 11.4. The van der Waals surface area contributed by atoms with Crippen molar-refractivity contribution in [1.82, 2.24) is 0 Å². The number of hydrogen-bond acceptors (Lipinski definition) is 6. The average Bonchev–Trinajstić information content (AvgIpc) is 2.73. The fourth-order valence-corrected chi connectivity index (χ4v) is 2.73. The van der Waals surface area contributed by atoms with Gasteiger partial charge in [-0.15, -0.1) is 0 Å². The van der Waals surface area contributed by atoms with E-state index in [0.29, 0.717) is 6.54 Å². The van der Waals surface area contributed by atoms with Crippen molar-refractivity contribution in [3.05, 3.63) is 81.4 Å². The molecule has 0 radical (unpaired) electrons. The van der Waals surface area contributed by atoms with E-state index in [0.717, 1.165) is 19.3 Å². The quantitative estimate of drug-likeness (QED) is 0.121. The first-order valence-electron chi connectivity index (χ1n) is 9.42. The van der Waals surface area contributed by atoms with Crippen LogP contribution in [0.25, 0.3) is 5.76 Å². The van der Waals surface area contributed by atoms with Crippen LogP contribution in [-0.4, -0.2) is 35.4 Å². The Bertz CT molecular complexity index is 891. The minimum Gasteiger partial charge on any atom is -0.506 e. The Balaban J connectivity index is 2.11. The molecule has 1 N–H and O–H groups in total. The summed E-state index contributed by atoms with van der Waals surface area (Å²) in [5, 5.41) is 21.8. The fourth-order valence-electron chi connectivity index (χ4n) is 2.73. The number of ether oxygens (including phenoxy) is 1. The van der Waals surface area contributed by atoms with Crippen molar-refractivity contribution in [3.8, 4) is 0 Å². The Labute approximate surface area is 169 Å². The van der Waals surface area contributed by atoms with Crippen molar-refractivity contribution in [2.75, 3.05) is 13.2 Å². The first-order valence-corrected chi connectivity index (χ1v) is 9.42. The molecular weight excluding hydrogens is 372 g/mol. The molecule has 0 saturated heterocycles. The highest BCUT2D eigenvalue weighted by Gasteiger charge is 2.22. The lowest BCUT2D eigenvalue weighted by molar-refractivity contribution is -0.385. The highest BCUT2D eigenvalue weighted by atomic mass is 16.6. The van der Waals surface area contributed by atoms with Gasteiger partial charge in [-0.1, -0.05) is 42.5 Å². The molecule has 7 heteroatoms. The van der Waals surface area contributed by atoms with Crippen molar-refractivity contribution >= 4 is 23.6 Å². The summed E-state index contributed by atoms with van der Waals surface area (Å²) in [6.07, 6.45) is 3.88. The number of benzene rings is 2. The SMILES string of the molecule is CCOC(=O)/C(C=NCCCCc1ccccc1)=C(/O)c1ccccc1[N+](=O)[O-]. The fraction of sp³-hybridized carbons (Fsp3) is 0.273. The van der Waals surface area contributed by atoms with E-state index in [1.54, 1.807) is 13.0 Å². The van der Waals surface area contributed by atoms with Crippen LogP contribution in [0, 0.1) is 10.1 Å². The highest BCUT2D eigenvalue weighted by molar-refractivity contribution is 6.15. The molecule has 152 valence electrons. The maximum Gasteiger partial charge on any atom is 0.343 e. The Morgan fingerprint density at radius 1 is 1.14 bits per heavy atom. The van der Waals surface area contributed by atoms with Gasteiger partial charge in [-0.3, -0.25) is 15.1 Å². The minimum atomic E-state index is -0.781. The van der Waals surface area contributed by atoms with Gasteiger partial charge in [-0.2, -0.15) is 0 Å². The van der Waals surface area contributed by atoms with Gasteiger partial charge in [0, 0.05) is 18.8 Å². The summed E-state index contributed by atoms with van der Waals surface area (Å²) in [5.74, 6) is -1.31. The first-order chi connectivity index (χ1) is 14.0. The number of aryl methyl sites for hydroxylation is 1. The lowest BCUT2D eigenvalue weighted by Gasteiger charge is -2.07. The summed E-state index contributed by atoms with van der Waals surface area (Å²) in [4.78, 5) is 27.1. The smallest absolute Gasteiger partial charge is 0.343 e. The van der Waals surface area contributed by atoms with Crippen molar-refractivity contribution < 1.29 is 19.6 Å². The van der Waals surface area contributed by atoms with Crippen LogP contribution in [0.4, 0.5) is 5.69 Å². The van der Waals surface area contributed by atoms with Crippen molar-refractivity contribution in [2.45, 2.75) is 26.2 Å². The van der Waals surface area contributed by atoms with Crippen LogP contribution in [0.2, 0.25) is 0 Å². The highest BCUT2D eigenvalue weighted by Crippen LogP contribution is 2.26. The summed E-state index contributed by atoms with van der Waals surface area (Å²) in [5.41, 5.74) is 0.681. The molecular formula is C22H24N2O5. The third-order valence-electron chi connectivity index (χ3n) is 4.17. The third-order valence-corrected chi connectivity index (χ3v) is 4.17. The number of carbonyl (C=O) groups is 1. The van der Waals surface area contributed by atoms with Gasteiger partial charge < -0.3 is 9.84 Å². The van der Waals surface area contributed by atoms with Crippen LogP contribution in [-0.2, 0) is 16.0 Å². The molecule has 2 rings (SSSR count). The van der Waals surface area contributed by atoms with Gasteiger partial charge in [0.15, 0.2) is 0 Å². The number of hydrogen-bond donors (Lipinski definition) is 1. The number of rotatable bonds is 10. The Kier molecular flexibility index (Phi) is 8.56. The Hall–Kier alpha value is -3.48. The number of nitro benzene ring substituents is 1. The maximum absolute atomic E-state index is 12.2. The molecule has 0 aliphatic heterocycles. The van der Waals surface area contributed by atoms with E-state index >= 15 is 0 Å². The first kappa shape index (κ1) is 21.8. The number of unbranched alkanes of at least 4 members (excludes halogenated alkanes) is 1. The van der Waals surface area contributed by atoms with E-state index in [1.165, 1.54) is 30.0 Å². The van der Waals surface area contributed by atoms with Crippen LogP contribution in [0.5, 0.6) is 0 Å². The number of nitro groups is 1. The van der Waals surface area contributed by atoms with E-state index in [4.69, 9.17) is 4.74 Å². The number of para-hydroxylation sites is 1. The van der Waals surface area contributed by atoms with E-state index < -0.39 is 16.7 Å². The van der Waals surface area contributed by atoms with E-state index in [2.05, 4.69) is 17.1 Å². The molecule has 2 aromatic rings. The number of carbonyl (C=O) groups excluding carboxylic acids is 1. The number of aliphatic hydroxyl groups is 1. The van der Waals surface area contributed by atoms with Crippen LogP contribution in [0.3, 0.4) is 0 Å². The summed E-state index contributed by atoms with van der Waals surface area (Å²) in [7, 11) is 0.